The number of aliphatic carboxylic acids is 1. The number of aromatic nitrogens is 5. The molecular formula is C25H21N7O2. The Balaban J connectivity index is 1.47. The van der Waals surface area contributed by atoms with Gasteiger partial charge in [0, 0.05) is 12.2 Å². The van der Waals surface area contributed by atoms with Crippen molar-refractivity contribution in [1.82, 2.24) is 24.5 Å². The predicted molar refractivity (Wildman–Crippen MR) is 129 cm³/mol. The van der Waals surface area contributed by atoms with Crippen molar-refractivity contribution in [3.8, 4) is 5.95 Å². The summed E-state index contributed by atoms with van der Waals surface area (Å²) in [6.45, 7) is 0.594. The Morgan fingerprint density at radius 1 is 0.882 bits per heavy atom. The quantitative estimate of drug-likeness (QED) is 0.321. The lowest BCUT2D eigenvalue weighted by Gasteiger charge is -2.11. The maximum absolute atomic E-state index is 11.0. The lowest BCUT2D eigenvalue weighted by Crippen LogP contribution is -2.10. The summed E-state index contributed by atoms with van der Waals surface area (Å²) in [5.41, 5.74) is 4.17. The SMILES string of the molecule is O=C(O)Cc1cccc(Nc2ncnc(-n3c(NCc4ccccc4)nc4ccccc43)n2)c1. The molecule has 5 rings (SSSR count). The topological polar surface area (TPSA) is 118 Å². The highest BCUT2D eigenvalue weighted by atomic mass is 16.4. The van der Waals surface area contributed by atoms with Crippen molar-refractivity contribution in [1.29, 1.82) is 0 Å². The number of benzene rings is 3. The van der Waals surface area contributed by atoms with Gasteiger partial charge in [-0.25, -0.2) is 19.5 Å². The molecule has 0 radical (unpaired) electrons. The predicted octanol–water partition coefficient (Wildman–Crippen LogP) is 4.19. The minimum Gasteiger partial charge on any atom is -0.481 e. The molecular weight excluding hydrogens is 430 g/mol. The zero-order valence-corrected chi connectivity index (χ0v) is 18.1. The van der Waals surface area contributed by atoms with E-state index < -0.39 is 5.97 Å². The summed E-state index contributed by atoms with van der Waals surface area (Å²) in [5, 5.41) is 15.6. The molecule has 0 fully saturated rings. The normalized spacial score (nSPS) is 10.8. The van der Waals surface area contributed by atoms with Crippen molar-refractivity contribution in [3.05, 3.63) is 96.3 Å². The zero-order valence-electron chi connectivity index (χ0n) is 18.1. The molecule has 0 atom stereocenters. The molecule has 0 aliphatic heterocycles. The first-order valence-electron chi connectivity index (χ1n) is 10.7. The van der Waals surface area contributed by atoms with Crippen molar-refractivity contribution in [2.75, 3.05) is 10.6 Å². The summed E-state index contributed by atoms with van der Waals surface area (Å²) >= 11 is 0. The average molecular weight is 451 g/mol. The molecule has 0 saturated carbocycles. The van der Waals surface area contributed by atoms with Crippen molar-refractivity contribution in [3.63, 3.8) is 0 Å². The van der Waals surface area contributed by atoms with Gasteiger partial charge in [0.25, 0.3) is 0 Å². The first-order valence-corrected chi connectivity index (χ1v) is 10.7. The number of rotatable bonds is 8. The van der Waals surface area contributed by atoms with Crippen molar-refractivity contribution in [2.45, 2.75) is 13.0 Å². The third kappa shape index (κ3) is 4.68. The number of carbonyl (C=O) groups is 1. The molecule has 5 aromatic rings. The van der Waals surface area contributed by atoms with E-state index in [1.807, 2.05) is 65.2 Å². The first kappa shape index (κ1) is 21.1. The van der Waals surface area contributed by atoms with E-state index in [2.05, 4.69) is 25.6 Å². The van der Waals surface area contributed by atoms with Crippen molar-refractivity contribution < 1.29 is 9.90 Å². The van der Waals surface area contributed by atoms with Crippen LogP contribution in [-0.4, -0.2) is 35.6 Å². The van der Waals surface area contributed by atoms with Crippen LogP contribution in [0.5, 0.6) is 0 Å². The van der Waals surface area contributed by atoms with E-state index in [9.17, 15) is 4.79 Å². The van der Waals surface area contributed by atoms with Gasteiger partial charge in [0.1, 0.15) is 6.33 Å². The number of hydrogen-bond acceptors (Lipinski definition) is 7. The van der Waals surface area contributed by atoms with Crippen LogP contribution in [0.25, 0.3) is 17.0 Å². The number of imidazole rings is 1. The monoisotopic (exact) mass is 451 g/mol. The molecule has 0 aliphatic carbocycles. The summed E-state index contributed by atoms with van der Waals surface area (Å²) in [4.78, 5) is 29.0. The van der Waals surface area contributed by atoms with E-state index in [0.29, 0.717) is 35.6 Å². The second-order valence-corrected chi connectivity index (χ2v) is 7.60. The zero-order chi connectivity index (χ0) is 23.3. The molecule has 3 N–H and O–H groups in total. The van der Waals surface area contributed by atoms with Crippen LogP contribution in [0.1, 0.15) is 11.1 Å². The summed E-state index contributed by atoms with van der Waals surface area (Å²) < 4.78 is 1.85. The molecule has 0 bridgehead atoms. The summed E-state index contributed by atoms with van der Waals surface area (Å²) in [5.74, 6) is 0.473. The number of nitrogens with one attached hydrogen (secondary N) is 2. The summed E-state index contributed by atoms with van der Waals surface area (Å²) in [6.07, 6.45) is 1.37. The Kier molecular flexibility index (Phi) is 5.81. The van der Waals surface area contributed by atoms with Gasteiger partial charge >= 0.3 is 5.97 Å². The van der Waals surface area contributed by atoms with Gasteiger partial charge in [-0.05, 0) is 35.4 Å². The molecule has 0 saturated heterocycles. The number of carboxylic acids is 1. The minimum absolute atomic E-state index is 0.0601. The van der Waals surface area contributed by atoms with Crippen LogP contribution in [0.15, 0.2) is 85.2 Å². The largest absolute Gasteiger partial charge is 0.481 e. The fraction of sp³-hybridized carbons (Fsp3) is 0.0800. The standard InChI is InChI=1S/C25H21N7O2/c33-22(34)14-18-9-6-10-19(13-18)29-23-27-16-28-25(31-23)32-21-12-5-4-11-20(21)30-24(32)26-15-17-7-2-1-3-8-17/h1-13,16H,14-15H2,(H,26,30)(H,33,34)(H,27,28,29,31). The Morgan fingerprint density at radius 2 is 1.68 bits per heavy atom. The van der Waals surface area contributed by atoms with E-state index >= 15 is 0 Å². The van der Waals surface area contributed by atoms with Crippen LogP contribution in [0, 0.1) is 0 Å². The smallest absolute Gasteiger partial charge is 0.307 e. The Bertz CT molecular complexity index is 1450. The van der Waals surface area contributed by atoms with Gasteiger partial charge in [-0.2, -0.15) is 4.98 Å². The molecule has 0 unspecified atom stereocenters. The summed E-state index contributed by atoms with van der Waals surface area (Å²) in [7, 11) is 0. The molecule has 0 spiro atoms. The van der Waals surface area contributed by atoms with Crippen LogP contribution in [-0.2, 0) is 17.8 Å². The van der Waals surface area contributed by atoms with Gasteiger partial charge in [0.15, 0.2) is 0 Å². The van der Waals surface area contributed by atoms with Crippen LogP contribution in [0.3, 0.4) is 0 Å². The second-order valence-electron chi connectivity index (χ2n) is 7.60. The number of para-hydroxylation sites is 2. The van der Waals surface area contributed by atoms with Gasteiger partial charge in [-0.3, -0.25) is 4.79 Å². The number of fused-ring (bicyclic) bond motifs is 1. The molecule has 0 aliphatic rings. The van der Waals surface area contributed by atoms with Gasteiger partial charge in [0.2, 0.25) is 17.8 Å². The maximum Gasteiger partial charge on any atom is 0.307 e. The van der Waals surface area contributed by atoms with Gasteiger partial charge in [-0.15, -0.1) is 0 Å². The molecule has 2 aromatic heterocycles. The number of nitrogens with zero attached hydrogens (tertiary/aromatic N) is 5. The second kappa shape index (κ2) is 9.37. The highest BCUT2D eigenvalue weighted by Gasteiger charge is 2.15. The van der Waals surface area contributed by atoms with E-state index in [4.69, 9.17) is 10.1 Å². The summed E-state index contributed by atoms with van der Waals surface area (Å²) in [6, 6.07) is 25.0. The Labute approximate surface area is 195 Å². The van der Waals surface area contributed by atoms with E-state index in [-0.39, 0.29) is 6.42 Å². The molecule has 9 nitrogen and oxygen atoms in total. The third-order valence-corrected chi connectivity index (χ3v) is 5.15. The molecule has 2 heterocycles. The number of carboxylic acid groups (broad SMARTS) is 1. The maximum atomic E-state index is 11.0. The van der Waals surface area contributed by atoms with E-state index in [0.717, 1.165) is 16.6 Å². The molecule has 0 amide bonds. The highest BCUT2D eigenvalue weighted by molar-refractivity contribution is 5.80. The lowest BCUT2D eigenvalue weighted by atomic mass is 10.1. The van der Waals surface area contributed by atoms with Crippen LogP contribution < -0.4 is 10.6 Å². The molecule has 3 aromatic carbocycles. The first-order chi connectivity index (χ1) is 16.7. The lowest BCUT2D eigenvalue weighted by molar-refractivity contribution is -0.136. The van der Waals surface area contributed by atoms with Crippen LogP contribution in [0.4, 0.5) is 17.6 Å². The van der Waals surface area contributed by atoms with Crippen LogP contribution in [0.2, 0.25) is 0 Å². The van der Waals surface area contributed by atoms with Crippen LogP contribution >= 0.6 is 0 Å². The Morgan fingerprint density at radius 3 is 2.53 bits per heavy atom. The van der Waals surface area contributed by atoms with Gasteiger partial charge < -0.3 is 15.7 Å². The highest BCUT2D eigenvalue weighted by Crippen LogP contribution is 2.24. The van der Waals surface area contributed by atoms with Gasteiger partial charge in [-0.1, -0.05) is 54.6 Å². The third-order valence-electron chi connectivity index (χ3n) is 5.15. The van der Waals surface area contributed by atoms with E-state index in [1.54, 1.807) is 18.2 Å². The Hall–Kier alpha value is -4.79. The van der Waals surface area contributed by atoms with E-state index in [1.165, 1.54) is 6.33 Å². The fourth-order valence-corrected chi connectivity index (χ4v) is 3.64. The molecule has 34 heavy (non-hydrogen) atoms. The molecule has 168 valence electrons. The minimum atomic E-state index is -0.887. The molecule has 9 heteroatoms. The van der Waals surface area contributed by atoms with Crippen molar-refractivity contribution in [2.24, 2.45) is 0 Å². The number of hydrogen-bond donors (Lipinski definition) is 3. The van der Waals surface area contributed by atoms with Gasteiger partial charge in [0.05, 0.1) is 17.5 Å². The fourth-order valence-electron chi connectivity index (χ4n) is 3.64. The number of anilines is 3. The van der Waals surface area contributed by atoms with Crippen molar-refractivity contribution >= 4 is 34.6 Å². The average Bonchev–Trinajstić information content (AvgIpc) is 3.22.